The van der Waals surface area contributed by atoms with E-state index in [1.54, 1.807) is 29.3 Å². The Balaban J connectivity index is 0.000000204. The number of β-amino-alcohol motifs (C(OH)–C–C–N with tert-alkyl or cyclic N) is 1. The summed E-state index contributed by atoms with van der Waals surface area (Å²) in [6.45, 7) is 14.1. The molecule has 0 saturated carbocycles. The molecule has 3 fully saturated rings. The molecule has 3 atom stereocenters. The molecule has 374 valence electrons. The molecule has 5 aromatic rings. The van der Waals surface area contributed by atoms with Crippen LogP contribution in [0, 0.1) is 5.82 Å². The van der Waals surface area contributed by atoms with Crippen LogP contribution in [-0.4, -0.2) is 158 Å². The molecule has 0 bridgehead atoms. The second kappa shape index (κ2) is 24.4. The number of hydrogen-bond donors (Lipinski definition) is 5. The fraction of sp³-hybridized carbons (Fsp3) is 0.533. The SMILES string of the molecule is C[Si](C)(C)CCOCn1ccc(Nc2cncc(CN3CCNCC(OC4CCCCO4)C3)n2)n1.O=C(c1cccc(C(F)(F)F)c1F)N1CCN(Cc2cncc(Nc3ccn[nH]3)n2)CC(O)C1. The fourth-order valence-corrected chi connectivity index (χ4v) is 8.61. The Morgan fingerprint density at radius 1 is 0.928 bits per heavy atom. The van der Waals surface area contributed by atoms with Crippen LogP contribution in [0.15, 0.2) is 67.5 Å². The minimum absolute atomic E-state index is 0.0756. The van der Waals surface area contributed by atoms with Gasteiger partial charge in [0.1, 0.15) is 30.0 Å². The number of carbonyl (C=O) groups excluding carboxylic acids is 1. The third kappa shape index (κ3) is 16.3. The molecule has 0 aliphatic carbocycles. The predicted molar refractivity (Wildman–Crippen MR) is 251 cm³/mol. The summed E-state index contributed by atoms with van der Waals surface area (Å²) in [5.41, 5.74) is -0.671. The molecule has 0 radical (unpaired) electrons. The number of amides is 1. The number of nitrogens with one attached hydrogen (secondary N) is 4. The van der Waals surface area contributed by atoms with E-state index in [0.29, 0.717) is 49.0 Å². The van der Waals surface area contributed by atoms with Crippen molar-refractivity contribution in [1.82, 2.24) is 59.9 Å². The van der Waals surface area contributed by atoms with Crippen molar-refractivity contribution in [3.63, 3.8) is 0 Å². The van der Waals surface area contributed by atoms with Crippen molar-refractivity contribution in [2.24, 2.45) is 0 Å². The number of H-pyrrole nitrogens is 1. The Hall–Kier alpha value is -5.47. The van der Waals surface area contributed by atoms with Crippen LogP contribution in [0.2, 0.25) is 25.7 Å². The van der Waals surface area contributed by atoms with Crippen LogP contribution in [0.4, 0.5) is 40.8 Å². The molecular weight excluding hydrogens is 921 g/mol. The first-order valence-corrected chi connectivity index (χ1v) is 26.9. The molecule has 7 heterocycles. The first-order valence-electron chi connectivity index (χ1n) is 23.2. The van der Waals surface area contributed by atoms with Gasteiger partial charge in [-0.15, -0.1) is 0 Å². The van der Waals surface area contributed by atoms with Gasteiger partial charge >= 0.3 is 6.18 Å². The fourth-order valence-electron chi connectivity index (χ4n) is 7.86. The smallest absolute Gasteiger partial charge is 0.390 e. The molecule has 69 heavy (non-hydrogen) atoms. The lowest BCUT2D eigenvalue weighted by Gasteiger charge is -2.29. The lowest BCUT2D eigenvalue weighted by Crippen LogP contribution is -2.38. The van der Waals surface area contributed by atoms with E-state index >= 15 is 0 Å². The molecule has 19 nitrogen and oxygen atoms in total. The van der Waals surface area contributed by atoms with Gasteiger partial charge in [-0.05, 0) is 37.4 Å². The minimum atomic E-state index is -4.92. The molecule has 3 aliphatic rings. The zero-order valence-electron chi connectivity index (χ0n) is 39.2. The van der Waals surface area contributed by atoms with E-state index in [4.69, 9.17) is 19.2 Å². The Morgan fingerprint density at radius 3 is 2.38 bits per heavy atom. The first kappa shape index (κ1) is 51.4. The van der Waals surface area contributed by atoms with Crippen LogP contribution in [-0.2, 0) is 40.2 Å². The molecule has 1 amide bonds. The summed E-state index contributed by atoms with van der Waals surface area (Å²) in [7, 11) is -1.08. The van der Waals surface area contributed by atoms with Crippen molar-refractivity contribution in [2.75, 3.05) is 76.2 Å². The van der Waals surface area contributed by atoms with E-state index < -0.39 is 43.2 Å². The Bertz CT molecular complexity index is 2370. The van der Waals surface area contributed by atoms with E-state index in [1.807, 2.05) is 23.4 Å². The number of aromatic amines is 1. The third-order valence-electron chi connectivity index (χ3n) is 11.3. The number of aliphatic hydroxyl groups excluding tert-OH is 1. The topological polar surface area (TPSA) is 209 Å². The van der Waals surface area contributed by atoms with Crippen molar-refractivity contribution in [2.45, 2.75) is 89.4 Å². The molecule has 1 aromatic carbocycles. The molecule has 3 aliphatic heterocycles. The highest BCUT2D eigenvalue weighted by Crippen LogP contribution is 2.33. The number of carbonyl (C=O) groups is 1. The van der Waals surface area contributed by atoms with Gasteiger partial charge in [0.05, 0.1) is 53.3 Å². The van der Waals surface area contributed by atoms with Gasteiger partial charge < -0.3 is 40.2 Å². The number of aromatic nitrogens is 8. The van der Waals surface area contributed by atoms with E-state index in [0.717, 1.165) is 93.4 Å². The van der Waals surface area contributed by atoms with Gasteiger partial charge in [-0.1, -0.05) is 25.7 Å². The summed E-state index contributed by atoms with van der Waals surface area (Å²) in [6, 6.07) is 7.38. The maximum Gasteiger partial charge on any atom is 0.419 e. The van der Waals surface area contributed by atoms with Crippen molar-refractivity contribution in [1.29, 1.82) is 0 Å². The summed E-state index contributed by atoms with van der Waals surface area (Å²) in [5, 5.41) is 31.3. The number of anilines is 4. The van der Waals surface area contributed by atoms with Crippen molar-refractivity contribution < 1.29 is 41.7 Å². The number of aliphatic hydroxyl groups is 1. The Morgan fingerprint density at radius 2 is 1.68 bits per heavy atom. The van der Waals surface area contributed by atoms with E-state index in [2.05, 4.69) is 70.7 Å². The average Bonchev–Trinajstić information content (AvgIpc) is 3.89. The summed E-state index contributed by atoms with van der Waals surface area (Å²) >= 11 is 0. The summed E-state index contributed by atoms with van der Waals surface area (Å²) in [4.78, 5) is 35.9. The van der Waals surface area contributed by atoms with Crippen molar-refractivity contribution >= 4 is 37.3 Å². The maximum atomic E-state index is 14.4. The van der Waals surface area contributed by atoms with Crippen LogP contribution in [0.3, 0.4) is 0 Å². The Labute approximate surface area is 399 Å². The minimum Gasteiger partial charge on any atom is -0.390 e. The normalized spacial score (nSPS) is 19.8. The van der Waals surface area contributed by atoms with E-state index in [1.165, 1.54) is 12.6 Å². The highest BCUT2D eigenvalue weighted by Gasteiger charge is 2.37. The number of alkyl halides is 3. The van der Waals surface area contributed by atoms with Crippen molar-refractivity contribution in [3.05, 3.63) is 95.8 Å². The van der Waals surface area contributed by atoms with Gasteiger partial charge in [0.15, 0.2) is 12.1 Å². The van der Waals surface area contributed by atoms with Gasteiger partial charge in [0.2, 0.25) is 0 Å². The van der Waals surface area contributed by atoms with Gasteiger partial charge in [-0.2, -0.15) is 23.4 Å². The standard InChI is InChI=1S/C24H41N7O3Si.C21H21F4N7O2/c1-35(2,3)13-12-32-19-31-9-7-22(29-31)28-23-16-26-14-20(27-23)17-30-10-8-25-15-21(18-30)34-24-6-4-5-11-33-24;22-19-15(2-1-3-16(19)21(23,24)25)20(34)32-7-6-31(11-14(33)12-32)10-13-8-26-9-18(28-13)29-17-4-5-27-30-17/h7,9,14,16,21,24-25H,4-6,8,10-13,15,17-19H2,1-3H3,(H,27,28,29);1-5,8-9,14,33H,6-7,10-12H2,(H2,27,28,29,30). The molecular formula is C45H62F4N14O5Si. The Kier molecular flexibility index (Phi) is 18.2. The number of hydrogen-bond acceptors (Lipinski definition) is 16. The molecule has 4 aromatic heterocycles. The van der Waals surface area contributed by atoms with Gasteiger partial charge in [0, 0.05) is 117 Å². The first-order chi connectivity index (χ1) is 33.1. The molecule has 5 N–H and O–H groups in total. The number of rotatable bonds is 16. The predicted octanol–water partition coefficient (Wildman–Crippen LogP) is 5.47. The maximum absolute atomic E-state index is 14.4. The lowest BCUT2D eigenvalue weighted by atomic mass is 10.1. The van der Waals surface area contributed by atoms with Crippen LogP contribution >= 0.6 is 0 Å². The summed E-state index contributed by atoms with van der Waals surface area (Å²) in [5.74, 6) is -0.00187. The number of benzene rings is 1. The second-order valence-electron chi connectivity index (χ2n) is 18.4. The van der Waals surface area contributed by atoms with Crippen LogP contribution in [0.5, 0.6) is 0 Å². The molecule has 0 spiro atoms. The monoisotopic (exact) mass is 982 g/mol. The molecule has 24 heteroatoms. The quantitative estimate of drug-likeness (QED) is 0.0472. The van der Waals surface area contributed by atoms with E-state index in [-0.39, 0.29) is 32.0 Å². The van der Waals surface area contributed by atoms with Gasteiger partial charge in [0.25, 0.3) is 5.91 Å². The van der Waals surface area contributed by atoms with Crippen LogP contribution in [0.25, 0.3) is 0 Å². The van der Waals surface area contributed by atoms with Gasteiger partial charge in [-0.25, -0.2) is 19.0 Å². The van der Waals surface area contributed by atoms with Gasteiger partial charge in [-0.3, -0.25) is 29.7 Å². The largest absolute Gasteiger partial charge is 0.419 e. The highest BCUT2D eigenvalue weighted by atomic mass is 28.3. The average molecular weight is 983 g/mol. The number of halogens is 4. The molecule has 3 saturated heterocycles. The van der Waals surface area contributed by atoms with Crippen molar-refractivity contribution in [3.8, 4) is 0 Å². The highest BCUT2D eigenvalue weighted by molar-refractivity contribution is 6.76. The summed E-state index contributed by atoms with van der Waals surface area (Å²) < 4.78 is 73.1. The molecule has 8 rings (SSSR count). The third-order valence-corrected chi connectivity index (χ3v) is 13.1. The summed E-state index contributed by atoms with van der Waals surface area (Å²) in [6.07, 6.45) is 7.55. The molecule has 3 unspecified atom stereocenters. The van der Waals surface area contributed by atoms with Crippen LogP contribution < -0.4 is 16.0 Å². The number of nitrogens with zero attached hydrogens (tertiary/aromatic N) is 10. The van der Waals surface area contributed by atoms with E-state index in [9.17, 15) is 27.5 Å². The van der Waals surface area contributed by atoms with Crippen LogP contribution in [0.1, 0.15) is 46.6 Å². The lowest BCUT2D eigenvalue weighted by molar-refractivity contribution is -0.188. The zero-order valence-corrected chi connectivity index (χ0v) is 40.2. The second-order valence-corrected chi connectivity index (χ2v) is 24.0. The zero-order chi connectivity index (χ0) is 48.8. The number of ether oxygens (including phenoxy) is 3.